The Morgan fingerprint density at radius 2 is 1.57 bits per heavy atom. The number of hydrogen-bond donors (Lipinski definition) is 0. The number of para-hydroxylation sites is 3. The Hall–Kier alpha value is -2.00. The van der Waals surface area contributed by atoms with Gasteiger partial charge in [0.1, 0.15) is 11.9 Å². The molecule has 0 fully saturated rings. The van der Waals surface area contributed by atoms with Crippen LogP contribution in [0.15, 0.2) is 48.5 Å². The predicted octanol–water partition coefficient (Wildman–Crippen LogP) is 4.25. The standard InChI is InChI=1S/C18H21NO2/c1-19(2)13-7-12-16-14-8-3-4-9-15(14)20-17-10-5-6-11-18(17)21-16/h3-6,8-11,16H,7,12-13H2,1-2H3. The molecule has 2 aromatic carbocycles. The monoisotopic (exact) mass is 283 g/mol. The summed E-state index contributed by atoms with van der Waals surface area (Å²) < 4.78 is 12.2. The Morgan fingerprint density at radius 3 is 2.33 bits per heavy atom. The maximum absolute atomic E-state index is 6.22. The van der Waals surface area contributed by atoms with Crippen molar-refractivity contribution in [2.45, 2.75) is 18.9 Å². The molecule has 1 heterocycles. The van der Waals surface area contributed by atoms with E-state index in [2.05, 4.69) is 25.1 Å². The Balaban J connectivity index is 1.88. The van der Waals surface area contributed by atoms with Gasteiger partial charge in [-0.3, -0.25) is 0 Å². The zero-order valence-corrected chi connectivity index (χ0v) is 12.6. The molecule has 0 spiro atoms. The molecule has 0 saturated heterocycles. The number of fused-ring (bicyclic) bond motifs is 2. The molecule has 3 rings (SSSR count). The van der Waals surface area contributed by atoms with E-state index in [1.165, 1.54) is 0 Å². The largest absolute Gasteiger partial charge is 0.482 e. The molecule has 0 bridgehead atoms. The second-order valence-electron chi connectivity index (χ2n) is 5.64. The van der Waals surface area contributed by atoms with Crippen LogP contribution >= 0.6 is 0 Å². The van der Waals surface area contributed by atoms with Crippen LogP contribution in [0, 0.1) is 0 Å². The second kappa shape index (κ2) is 6.19. The van der Waals surface area contributed by atoms with Gasteiger partial charge in [0, 0.05) is 5.56 Å². The summed E-state index contributed by atoms with van der Waals surface area (Å²) in [6, 6.07) is 16.0. The lowest BCUT2D eigenvalue weighted by molar-refractivity contribution is 0.188. The average molecular weight is 283 g/mol. The Morgan fingerprint density at radius 1 is 0.905 bits per heavy atom. The van der Waals surface area contributed by atoms with Crippen LogP contribution < -0.4 is 9.47 Å². The highest BCUT2D eigenvalue weighted by Crippen LogP contribution is 2.42. The van der Waals surface area contributed by atoms with E-state index in [0.717, 1.165) is 42.2 Å². The van der Waals surface area contributed by atoms with Gasteiger partial charge in [0.15, 0.2) is 11.5 Å². The number of hydrogen-bond acceptors (Lipinski definition) is 3. The Kier molecular flexibility index (Phi) is 4.11. The molecule has 110 valence electrons. The smallest absolute Gasteiger partial charge is 0.169 e. The predicted molar refractivity (Wildman–Crippen MR) is 84.1 cm³/mol. The molecule has 0 radical (unpaired) electrons. The molecule has 1 aliphatic rings. The van der Waals surface area contributed by atoms with Crippen LogP contribution in [0.5, 0.6) is 17.2 Å². The van der Waals surface area contributed by atoms with Crippen LogP contribution in [0.2, 0.25) is 0 Å². The molecular formula is C18H21NO2. The highest BCUT2D eigenvalue weighted by Gasteiger charge is 2.23. The van der Waals surface area contributed by atoms with Crippen molar-refractivity contribution in [2.75, 3.05) is 20.6 Å². The van der Waals surface area contributed by atoms with Crippen LogP contribution in [-0.2, 0) is 0 Å². The molecule has 21 heavy (non-hydrogen) atoms. The summed E-state index contributed by atoms with van der Waals surface area (Å²) in [5, 5.41) is 0. The highest BCUT2D eigenvalue weighted by molar-refractivity contribution is 5.48. The van der Waals surface area contributed by atoms with Crippen LogP contribution in [0.3, 0.4) is 0 Å². The fraction of sp³-hybridized carbons (Fsp3) is 0.333. The second-order valence-corrected chi connectivity index (χ2v) is 5.64. The van der Waals surface area contributed by atoms with Crippen molar-refractivity contribution in [1.82, 2.24) is 4.90 Å². The number of nitrogens with zero attached hydrogens (tertiary/aromatic N) is 1. The first-order valence-electron chi connectivity index (χ1n) is 7.41. The van der Waals surface area contributed by atoms with Crippen molar-refractivity contribution in [3.05, 3.63) is 54.1 Å². The Labute approximate surface area is 126 Å². The molecule has 0 N–H and O–H groups in total. The van der Waals surface area contributed by atoms with Gasteiger partial charge in [-0.1, -0.05) is 30.3 Å². The first kappa shape index (κ1) is 14.0. The van der Waals surface area contributed by atoms with Crippen molar-refractivity contribution >= 4 is 0 Å². The van der Waals surface area contributed by atoms with Gasteiger partial charge in [-0.25, -0.2) is 0 Å². The summed E-state index contributed by atoms with van der Waals surface area (Å²) in [6.45, 7) is 1.06. The van der Waals surface area contributed by atoms with Crippen LogP contribution in [0.25, 0.3) is 0 Å². The van der Waals surface area contributed by atoms with Gasteiger partial charge in [0.25, 0.3) is 0 Å². The lowest BCUT2D eigenvalue weighted by Gasteiger charge is -2.19. The molecule has 2 aromatic rings. The maximum Gasteiger partial charge on any atom is 0.169 e. The van der Waals surface area contributed by atoms with E-state index in [-0.39, 0.29) is 6.10 Å². The zero-order chi connectivity index (χ0) is 14.7. The third-order valence-electron chi connectivity index (χ3n) is 3.68. The van der Waals surface area contributed by atoms with Gasteiger partial charge in [-0.2, -0.15) is 0 Å². The van der Waals surface area contributed by atoms with Crippen molar-refractivity contribution in [3.63, 3.8) is 0 Å². The molecule has 1 aliphatic heterocycles. The lowest BCUT2D eigenvalue weighted by atomic mass is 10.0. The molecule has 0 aromatic heterocycles. The zero-order valence-electron chi connectivity index (χ0n) is 12.6. The Bertz CT molecular complexity index is 610. The van der Waals surface area contributed by atoms with E-state index in [1.807, 2.05) is 42.5 Å². The van der Waals surface area contributed by atoms with Crippen LogP contribution in [0.4, 0.5) is 0 Å². The number of ether oxygens (including phenoxy) is 2. The van der Waals surface area contributed by atoms with E-state index in [0.29, 0.717) is 0 Å². The molecule has 0 aliphatic carbocycles. The summed E-state index contributed by atoms with van der Waals surface area (Å²) in [5.74, 6) is 2.51. The third kappa shape index (κ3) is 3.19. The van der Waals surface area contributed by atoms with E-state index < -0.39 is 0 Å². The van der Waals surface area contributed by atoms with E-state index >= 15 is 0 Å². The van der Waals surface area contributed by atoms with Gasteiger partial charge >= 0.3 is 0 Å². The molecule has 0 amide bonds. The SMILES string of the molecule is CN(C)CCCC1Oc2ccccc2Oc2ccccc21. The van der Waals surface area contributed by atoms with Crippen molar-refractivity contribution in [3.8, 4) is 17.2 Å². The molecule has 3 heteroatoms. The van der Waals surface area contributed by atoms with Crippen molar-refractivity contribution in [1.29, 1.82) is 0 Å². The summed E-state index contributed by atoms with van der Waals surface area (Å²) in [5.41, 5.74) is 1.13. The average Bonchev–Trinajstić information content (AvgIpc) is 2.63. The lowest BCUT2D eigenvalue weighted by Crippen LogP contribution is -2.15. The van der Waals surface area contributed by atoms with E-state index in [1.54, 1.807) is 0 Å². The summed E-state index contributed by atoms with van der Waals surface area (Å²) in [7, 11) is 4.20. The number of rotatable bonds is 4. The van der Waals surface area contributed by atoms with Crippen molar-refractivity contribution in [2.24, 2.45) is 0 Å². The minimum absolute atomic E-state index is 0.0461. The van der Waals surface area contributed by atoms with Crippen molar-refractivity contribution < 1.29 is 9.47 Å². The van der Waals surface area contributed by atoms with Gasteiger partial charge < -0.3 is 14.4 Å². The molecule has 1 atom stereocenters. The quantitative estimate of drug-likeness (QED) is 0.837. The fourth-order valence-corrected chi connectivity index (χ4v) is 2.61. The van der Waals surface area contributed by atoms with E-state index in [9.17, 15) is 0 Å². The third-order valence-corrected chi connectivity index (χ3v) is 3.68. The van der Waals surface area contributed by atoms with E-state index in [4.69, 9.17) is 9.47 Å². The fourth-order valence-electron chi connectivity index (χ4n) is 2.61. The van der Waals surface area contributed by atoms with Gasteiger partial charge in [0.05, 0.1) is 0 Å². The normalized spacial score (nSPS) is 16.4. The maximum atomic E-state index is 6.22. The van der Waals surface area contributed by atoms with Crippen LogP contribution in [-0.4, -0.2) is 25.5 Å². The summed E-state index contributed by atoms with van der Waals surface area (Å²) >= 11 is 0. The first-order chi connectivity index (χ1) is 10.2. The van der Waals surface area contributed by atoms with Gasteiger partial charge in [0.2, 0.25) is 0 Å². The first-order valence-corrected chi connectivity index (χ1v) is 7.41. The van der Waals surface area contributed by atoms with Crippen LogP contribution in [0.1, 0.15) is 24.5 Å². The highest BCUT2D eigenvalue weighted by atomic mass is 16.5. The summed E-state index contributed by atoms with van der Waals surface area (Å²) in [6.07, 6.45) is 2.12. The molecule has 1 unspecified atom stereocenters. The summed E-state index contributed by atoms with van der Waals surface area (Å²) in [4.78, 5) is 2.20. The number of benzene rings is 2. The van der Waals surface area contributed by atoms with Gasteiger partial charge in [-0.05, 0) is 51.7 Å². The topological polar surface area (TPSA) is 21.7 Å². The van der Waals surface area contributed by atoms with Gasteiger partial charge in [-0.15, -0.1) is 0 Å². The molecule has 3 nitrogen and oxygen atoms in total. The minimum atomic E-state index is 0.0461. The minimum Gasteiger partial charge on any atom is -0.482 e. The molecular weight excluding hydrogens is 262 g/mol. The molecule has 0 saturated carbocycles.